The van der Waals surface area contributed by atoms with Crippen LogP contribution in [-0.4, -0.2) is 32.6 Å². The molecule has 2 aromatic heterocycles. The van der Waals surface area contributed by atoms with Crippen molar-refractivity contribution in [2.45, 2.75) is 25.8 Å². The normalized spacial score (nSPS) is 16.2. The topological polar surface area (TPSA) is 55.6 Å². The van der Waals surface area contributed by atoms with Crippen molar-refractivity contribution >= 4 is 34.4 Å². The van der Waals surface area contributed by atoms with E-state index in [1.54, 1.807) is 18.3 Å². The van der Waals surface area contributed by atoms with Gasteiger partial charge in [-0.05, 0) is 55.6 Å². The number of aromatic nitrogens is 4. The van der Waals surface area contributed by atoms with Gasteiger partial charge in [0.15, 0.2) is 5.65 Å². The third-order valence-corrected chi connectivity index (χ3v) is 6.53. The lowest BCUT2D eigenvalue weighted by Crippen LogP contribution is -2.16. The van der Waals surface area contributed by atoms with Crippen LogP contribution in [0.25, 0.3) is 22.6 Å². The predicted molar refractivity (Wildman–Crippen MR) is 126 cm³/mol. The summed E-state index contributed by atoms with van der Waals surface area (Å²) in [6, 6.07) is 12.3. The molecule has 0 unspecified atom stereocenters. The van der Waals surface area contributed by atoms with Crippen molar-refractivity contribution in [1.29, 1.82) is 0 Å². The Hall–Kier alpha value is -2.54. The zero-order valence-electron chi connectivity index (χ0n) is 17.4. The average molecular weight is 470 g/mol. The van der Waals surface area contributed by atoms with E-state index in [0.717, 1.165) is 31.7 Å². The fourth-order valence-electron chi connectivity index (χ4n) is 4.23. The minimum Gasteiger partial charge on any atom is -0.316 e. The maximum Gasteiger partial charge on any atom is 0.164 e. The molecule has 8 heteroatoms. The van der Waals surface area contributed by atoms with Crippen molar-refractivity contribution in [3.63, 3.8) is 0 Å². The second-order valence-corrected chi connectivity index (χ2v) is 8.90. The highest BCUT2D eigenvalue weighted by atomic mass is 35.5. The van der Waals surface area contributed by atoms with Crippen molar-refractivity contribution < 1.29 is 4.39 Å². The van der Waals surface area contributed by atoms with Crippen LogP contribution in [0.15, 0.2) is 48.7 Å². The van der Waals surface area contributed by atoms with Gasteiger partial charge in [-0.25, -0.2) is 19.3 Å². The molecule has 1 N–H and O–H groups in total. The van der Waals surface area contributed by atoms with E-state index in [9.17, 15) is 4.39 Å². The third kappa shape index (κ3) is 4.22. The highest BCUT2D eigenvalue weighted by molar-refractivity contribution is 6.39. The molecule has 1 aliphatic heterocycles. The van der Waals surface area contributed by atoms with Gasteiger partial charge in [-0.2, -0.15) is 0 Å². The Labute approximate surface area is 195 Å². The summed E-state index contributed by atoms with van der Waals surface area (Å²) >= 11 is 13.0. The van der Waals surface area contributed by atoms with Crippen LogP contribution in [0.2, 0.25) is 10.0 Å². The van der Waals surface area contributed by atoms with Gasteiger partial charge in [0.2, 0.25) is 0 Å². The van der Waals surface area contributed by atoms with Crippen LogP contribution in [0.3, 0.4) is 0 Å². The Kier molecular flexibility index (Phi) is 6.09. The molecule has 0 aliphatic carbocycles. The zero-order valence-corrected chi connectivity index (χ0v) is 18.9. The lowest BCUT2D eigenvalue weighted by atomic mass is 10.1. The second-order valence-electron chi connectivity index (χ2n) is 8.09. The van der Waals surface area contributed by atoms with Crippen LogP contribution in [-0.2, 0) is 19.4 Å². The maximum atomic E-state index is 14.0. The Bertz CT molecular complexity index is 1250. The van der Waals surface area contributed by atoms with Crippen molar-refractivity contribution in [2.75, 3.05) is 13.1 Å². The van der Waals surface area contributed by atoms with Crippen LogP contribution < -0.4 is 5.32 Å². The molecule has 4 aromatic rings. The number of hydrogen-bond acceptors (Lipinski definition) is 4. The summed E-state index contributed by atoms with van der Waals surface area (Å²) in [5, 5.41) is 4.51. The number of aryl methyl sites for hydroxylation is 2. The van der Waals surface area contributed by atoms with Crippen LogP contribution in [0.4, 0.5) is 4.39 Å². The van der Waals surface area contributed by atoms with Gasteiger partial charge in [0, 0.05) is 13.0 Å². The summed E-state index contributed by atoms with van der Waals surface area (Å²) < 4.78 is 16.1. The summed E-state index contributed by atoms with van der Waals surface area (Å²) in [6.07, 6.45) is 3.88. The van der Waals surface area contributed by atoms with Crippen molar-refractivity contribution in [3.05, 3.63) is 75.9 Å². The quantitative estimate of drug-likeness (QED) is 0.414. The lowest BCUT2D eigenvalue weighted by molar-refractivity contribution is 0.490. The Morgan fingerprint density at radius 3 is 2.59 bits per heavy atom. The molecule has 0 bridgehead atoms. The van der Waals surface area contributed by atoms with Gasteiger partial charge in [-0.1, -0.05) is 47.5 Å². The van der Waals surface area contributed by atoms with Gasteiger partial charge in [-0.3, -0.25) is 0 Å². The third-order valence-electron chi connectivity index (χ3n) is 5.90. The largest absolute Gasteiger partial charge is 0.316 e. The fourth-order valence-corrected chi connectivity index (χ4v) is 4.79. The molecule has 0 radical (unpaired) electrons. The van der Waals surface area contributed by atoms with Crippen LogP contribution in [0, 0.1) is 11.7 Å². The van der Waals surface area contributed by atoms with Gasteiger partial charge in [0.05, 0.1) is 21.8 Å². The Morgan fingerprint density at radius 1 is 1.03 bits per heavy atom. The summed E-state index contributed by atoms with van der Waals surface area (Å²) in [7, 11) is 0. The molecule has 3 heterocycles. The molecule has 5 nitrogen and oxygen atoms in total. The predicted octanol–water partition coefficient (Wildman–Crippen LogP) is 5.33. The molecule has 164 valence electrons. The van der Waals surface area contributed by atoms with E-state index in [1.165, 1.54) is 6.07 Å². The smallest absolute Gasteiger partial charge is 0.164 e. The van der Waals surface area contributed by atoms with Crippen molar-refractivity contribution in [2.24, 2.45) is 5.92 Å². The first-order valence-electron chi connectivity index (χ1n) is 10.7. The van der Waals surface area contributed by atoms with Crippen LogP contribution >= 0.6 is 23.2 Å². The van der Waals surface area contributed by atoms with E-state index in [0.29, 0.717) is 57.1 Å². The first-order chi connectivity index (χ1) is 15.6. The van der Waals surface area contributed by atoms with Crippen LogP contribution in [0.1, 0.15) is 17.8 Å². The monoisotopic (exact) mass is 469 g/mol. The van der Waals surface area contributed by atoms with E-state index in [2.05, 4.69) is 14.9 Å². The molecule has 0 saturated carbocycles. The number of rotatable bonds is 6. The summed E-state index contributed by atoms with van der Waals surface area (Å²) in [5.41, 5.74) is 2.80. The van der Waals surface area contributed by atoms with E-state index >= 15 is 0 Å². The molecular weight excluding hydrogens is 448 g/mol. The minimum atomic E-state index is -0.206. The summed E-state index contributed by atoms with van der Waals surface area (Å²) in [4.78, 5) is 14.1. The van der Waals surface area contributed by atoms with E-state index in [4.69, 9.17) is 33.2 Å². The highest BCUT2D eigenvalue weighted by Crippen LogP contribution is 2.36. The number of fused-ring (bicyclic) bond motifs is 1. The van der Waals surface area contributed by atoms with Gasteiger partial charge in [0.1, 0.15) is 23.0 Å². The standard InChI is InChI=1S/C24H22Cl2FN5/c25-17-5-3-6-18(26)22(17)24-30-20-13-29-21(9-8-16-4-1-2-7-19(16)27)31-23(20)32(24)14-15-10-11-28-12-15/h1-7,13,15,28H,8-12,14H2/t15-/m0/s1. The average Bonchev–Trinajstić information content (AvgIpc) is 3.42. The molecule has 1 aliphatic rings. The van der Waals surface area contributed by atoms with Gasteiger partial charge in [-0.15, -0.1) is 0 Å². The first kappa shape index (κ1) is 21.3. The number of imidazole rings is 1. The van der Waals surface area contributed by atoms with Gasteiger partial charge < -0.3 is 9.88 Å². The Balaban J connectivity index is 1.55. The summed E-state index contributed by atoms with van der Waals surface area (Å²) in [6.45, 7) is 2.70. The van der Waals surface area contributed by atoms with Crippen molar-refractivity contribution in [1.82, 2.24) is 24.8 Å². The molecular formula is C24H22Cl2FN5. The van der Waals surface area contributed by atoms with Crippen LogP contribution in [0.5, 0.6) is 0 Å². The summed E-state index contributed by atoms with van der Waals surface area (Å²) in [5.74, 6) is 1.61. The number of nitrogens with zero attached hydrogens (tertiary/aromatic N) is 4. The molecule has 5 rings (SSSR count). The number of hydrogen-bond donors (Lipinski definition) is 1. The van der Waals surface area contributed by atoms with Crippen molar-refractivity contribution in [3.8, 4) is 11.4 Å². The minimum absolute atomic E-state index is 0.206. The highest BCUT2D eigenvalue weighted by Gasteiger charge is 2.23. The first-order valence-corrected chi connectivity index (χ1v) is 11.5. The number of nitrogens with one attached hydrogen (secondary N) is 1. The molecule has 2 aromatic carbocycles. The second kappa shape index (κ2) is 9.14. The van der Waals surface area contributed by atoms with Gasteiger partial charge in [0.25, 0.3) is 0 Å². The Morgan fingerprint density at radius 2 is 1.84 bits per heavy atom. The number of benzene rings is 2. The van der Waals surface area contributed by atoms with Gasteiger partial charge >= 0.3 is 0 Å². The maximum absolute atomic E-state index is 14.0. The van der Waals surface area contributed by atoms with E-state index in [-0.39, 0.29) is 5.82 Å². The number of halogens is 3. The molecule has 0 spiro atoms. The lowest BCUT2D eigenvalue weighted by Gasteiger charge is -2.15. The molecule has 0 amide bonds. The zero-order chi connectivity index (χ0) is 22.1. The molecule has 1 fully saturated rings. The molecule has 1 atom stereocenters. The molecule has 1 saturated heterocycles. The van der Waals surface area contributed by atoms with E-state index < -0.39 is 0 Å². The SMILES string of the molecule is Fc1ccccc1CCc1ncc2nc(-c3c(Cl)cccc3Cl)n(C[C@H]3CCNC3)c2n1. The van der Waals surface area contributed by atoms with E-state index in [1.807, 2.05) is 24.3 Å². The fraction of sp³-hybridized carbons (Fsp3) is 0.292. The molecule has 32 heavy (non-hydrogen) atoms.